The van der Waals surface area contributed by atoms with E-state index < -0.39 is 0 Å². The molecule has 0 unspecified atom stereocenters. The molecule has 0 bridgehead atoms. The molecule has 0 aromatic heterocycles. The van der Waals surface area contributed by atoms with E-state index in [1.807, 2.05) is 30.1 Å². The number of rotatable bonds is 3. The van der Waals surface area contributed by atoms with Crippen LogP contribution in [0.2, 0.25) is 5.02 Å². The molecule has 0 spiro atoms. The van der Waals surface area contributed by atoms with Crippen molar-refractivity contribution in [3.05, 3.63) is 64.2 Å². The van der Waals surface area contributed by atoms with Crippen LogP contribution in [0, 0.1) is 0 Å². The minimum atomic E-state index is -0.153. The Hall–Kier alpha value is -2.53. The molecule has 2 aromatic carbocycles. The molecule has 0 aliphatic carbocycles. The topological polar surface area (TPSA) is 52.7 Å². The van der Waals surface area contributed by atoms with Crippen LogP contribution in [-0.4, -0.2) is 36.5 Å². The summed E-state index contributed by atoms with van der Waals surface area (Å²) in [5.41, 5.74) is 3.05. The van der Waals surface area contributed by atoms with Crippen LogP contribution in [0.4, 0.5) is 5.69 Å². The second kappa shape index (κ2) is 7.24. The zero-order valence-electron chi connectivity index (χ0n) is 15.2. The lowest BCUT2D eigenvalue weighted by atomic mass is 9.97. The van der Waals surface area contributed by atoms with Crippen LogP contribution in [0.5, 0.6) is 0 Å². The number of carbonyl (C=O) groups is 2. The number of anilines is 1. The van der Waals surface area contributed by atoms with Gasteiger partial charge in [-0.05, 0) is 55.2 Å². The van der Waals surface area contributed by atoms with E-state index in [9.17, 15) is 9.59 Å². The average Bonchev–Trinajstić information content (AvgIpc) is 2.71. The Bertz CT molecular complexity index is 881. The van der Waals surface area contributed by atoms with Gasteiger partial charge in [0.15, 0.2) is 0 Å². The van der Waals surface area contributed by atoms with E-state index in [2.05, 4.69) is 10.2 Å². The number of halogens is 1. The molecule has 1 saturated heterocycles. The fraction of sp³-hybridized carbons (Fsp3) is 0.333. The van der Waals surface area contributed by atoms with E-state index in [1.165, 1.54) is 0 Å². The molecular weight excluding hydrogens is 362 g/mol. The van der Waals surface area contributed by atoms with Crippen LogP contribution in [-0.2, 0) is 6.54 Å². The van der Waals surface area contributed by atoms with E-state index in [1.54, 1.807) is 24.3 Å². The van der Waals surface area contributed by atoms with E-state index >= 15 is 0 Å². The van der Waals surface area contributed by atoms with Crippen molar-refractivity contribution in [3.63, 3.8) is 0 Å². The standard InChI is InChI=1S/C21H22ClN3O2/c1-24-18-12-15(20(26)23-13-14-5-8-16(22)9-6-14)7-10-17(18)21(27)25-11-3-2-4-19(24)25/h5-10,12,19H,2-4,11,13H2,1H3,(H,23,26)/t19-/m0/s1. The van der Waals surface area contributed by atoms with Gasteiger partial charge in [-0.3, -0.25) is 9.59 Å². The van der Waals surface area contributed by atoms with Crippen molar-refractivity contribution < 1.29 is 9.59 Å². The van der Waals surface area contributed by atoms with Crippen molar-refractivity contribution in [3.8, 4) is 0 Å². The number of hydrogen-bond donors (Lipinski definition) is 1. The van der Waals surface area contributed by atoms with Gasteiger partial charge in [0.25, 0.3) is 11.8 Å². The largest absolute Gasteiger partial charge is 0.354 e. The van der Waals surface area contributed by atoms with Gasteiger partial charge in [0.05, 0.1) is 11.3 Å². The summed E-state index contributed by atoms with van der Waals surface area (Å²) in [6, 6.07) is 12.7. The molecule has 1 atom stereocenters. The van der Waals surface area contributed by atoms with Gasteiger partial charge in [0.1, 0.15) is 6.17 Å². The lowest BCUT2D eigenvalue weighted by Crippen LogP contribution is -2.55. The summed E-state index contributed by atoms with van der Waals surface area (Å²) in [4.78, 5) is 29.5. The molecule has 5 nitrogen and oxygen atoms in total. The van der Waals surface area contributed by atoms with Crippen molar-refractivity contribution in [2.24, 2.45) is 0 Å². The predicted molar refractivity (Wildman–Crippen MR) is 106 cm³/mol. The number of amides is 2. The van der Waals surface area contributed by atoms with Crippen molar-refractivity contribution in [2.75, 3.05) is 18.5 Å². The van der Waals surface area contributed by atoms with Gasteiger partial charge in [-0.15, -0.1) is 0 Å². The fourth-order valence-corrected chi connectivity index (χ4v) is 4.03. The summed E-state index contributed by atoms with van der Waals surface area (Å²) >= 11 is 5.89. The van der Waals surface area contributed by atoms with Crippen molar-refractivity contribution >= 4 is 29.1 Å². The molecule has 0 saturated carbocycles. The Morgan fingerprint density at radius 2 is 1.96 bits per heavy atom. The summed E-state index contributed by atoms with van der Waals surface area (Å²) in [6.07, 6.45) is 3.23. The molecule has 27 heavy (non-hydrogen) atoms. The molecule has 0 radical (unpaired) electrons. The maximum atomic E-state index is 12.8. The Morgan fingerprint density at radius 3 is 2.74 bits per heavy atom. The lowest BCUT2D eigenvalue weighted by Gasteiger charge is -2.46. The Kier molecular flexibility index (Phi) is 4.79. The third-order valence-electron chi connectivity index (χ3n) is 5.42. The highest BCUT2D eigenvalue weighted by atomic mass is 35.5. The summed E-state index contributed by atoms with van der Waals surface area (Å²) in [7, 11) is 2.00. The van der Waals surface area contributed by atoms with Crippen LogP contribution in [0.15, 0.2) is 42.5 Å². The third-order valence-corrected chi connectivity index (χ3v) is 5.67. The second-order valence-corrected chi connectivity index (χ2v) is 7.56. The van der Waals surface area contributed by atoms with Crippen LogP contribution in [0.25, 0.3) is 0 Å². The SMILES string of the molecule is CN1c2cc(C(=O)NCc3ccc(Cl)cc3)ccc2C(=O)N2CCCC[C@H]21. The third kappa shape index (κ3) is 3.39. The first-order valence-electron chi connectivity index (χ1n) is 9.25. The fourth-order valence-electron chi connectivity index (χ4n) is 3.90. The minimum Gasteiger partial charge on any atom is -0.354 e. The molecule has 1 fully saturated rings. The molecule has 140 valence electrons. The molecule has 1 N–H and O–H groups in total. The molecular formula is C21H22ClN3O2. The molecule has 2 heterocycles. The van der Waals surface area contributed by atoms with Gasteiger partial charge < -0.3 is 15.1 Å². The second-order valence-electron chi connectivity index (χ2n) is 7.13. The maximum Gasteiger partial charge on any atom is 0.257 e. The number of hydrogen-bond acceptors (Lipinski definition) is 3. The van der Waals surface area contributed by atoms with E-state index in [-0.39, 0.29) is 18.0 Å². The van der Waals surface area contributed by atoms with Crippen molar-refractivity contribution in [2.45, 2.75) is 32.0 Å². The van der Waals surface area contributed by atoms with Gasteiger partial charge in [-0.1, -0.05) is 23.7 Å². The number of piperidine rings is 1. The quantitative estimate of drug-likeness (QED) is 0.879. The molecule has 2 aliphatic heterocycles. The van der Waals surface area contributed by atoms with Crippen LogP contribution < -0.4 is 10.2 Å². The van der Waals surface area contributed by atoms with E-state index in [4.69, 9.17) is 11.6 Å². The van der Waals surface area contributed by atoms with Crippen LogP contribution in [0.1, 0.15) is 45.5 Å². The Balaban J connectivity index is 1.53. The number of benzene rings is 2. The maximum absolute atomic E-state index is 12.8. The molecule has 2 aromatic rings. The van der Waals surface area contributed by atoms with E-state index in [0.717, 1.165) is 37.1 Å². The molecule has 2 aliphatic rings. The van der Waals surface area contributed by atoms with Crippen LogP contribution >= 0.6 is 11.6 Å². The minimum absolute atomic E-state index is 0.0703. The molecule has 2 amide bonds. The highest BCUT2D eigenvalue weighted by molar-refractivity contribution is 6.30. The van der Waals surface area contributed by atoms with Gasteiger partial charge in [0, 0.05) is 30.7 Å². The monoisotopic (exact) mass is 383 g/mol. The van der Waals surface area contributed by atoms with Gasteiger partial charge in [0.2, 0.25) is 0 Å². The zero-order valence-corrected chi connectivity index (χ0v) is 16.0. The molecule has 6 heteroatoms. The highest BCUT2D eigenvalue weighted by Crippen LogP contribution is 2.34. The number of carbonyl (C=O) groups excluding carboxylic acids is 2. The number of nitrogens with one attached hydrogen (secondary N) is 1. The first-order valence-corrected chi connectivity index (χ1v) is 9.63. The first kappa shape index (κ1) is 17.9. The number of nitrogens with zero attached hydrogens (tertiary/aromatic N) is 2. The van der Waals surface area contributed by atoms with Gasteiger partial charge in [-0.25, -0.2) is 0 Å². The summed E-state index contributed by atoms with van der Waals surface area (Å²) in [5.74, 6) is -0.0828. The van der Waals surface area contributed by atoms with Crippen molar-refractivity contribution in [1.29, 1.82) is 0 Å². The zero-order chi connectivity index (χ0) is 19.0. The van der Waals surface area contributed by atoms with Gasteiger partial charge in [-0.2, -0.15) is 0 Å². The predicted octanol–water partition coefficient (Wildman–Crippen LogP) is 3.67. The van der Waals surface area contributed by atoms with E-state index in [0.29, 0.717) is 22.7 Å². The first-order chi connectivity index (χ1) is 13.0. The van der Waals surface area contributed by atoms with Crippen molar-refractivity contribution in [1.82, 2.24) is 10.2 Å². The molecule has 4 rings (SSSR count). The Morgan fingerprint density at radius 1 is 1.19 bits per heavy atom. The lowest BCUT2D eigenvalue weighted by molar-refractivity contribution is 0.0589. The summed E-state index contributed by atoms with van der Waals surface area (Å²) < 4.78 is 0. The highest BCUT2D eigenvalue weighted by Gasteiger charge is 2.37. The Labute approximate surface area is 163 Å². The van der Waals surface area contributed by atoms with Gasteiger partial charge >= 0.3 is 0 Å². The van der Waals surface area contributed by atoms with Crippen LogP contribution in [0.3, 0.4) is 0 Å². The summed E-state index contributed by atoms with van der Waals surface area (Å²) in [5, 5.41) is 3.60. The normalized spacial score (nSPS) is 18.7. The summed E-state index contributed by atoms with van der Waals surface area (Å²) in [6.45, 7) is 1.23. The smallest absolute Gasteiger partial charge is 0.257 e. The average molecular weight is 384 g/mol. The number of fused-ring (bicyclic) bond motifs is 2.